The Morgan fingerprint density at radius 1 is 1.35 bits per heavy atom. The summed E-state index contributed by atoms with van der Waals surface area (Å²) in [6.07, 6.45) is 0. The highest BCUT2D eigenvalue weighted by Gasteiger charge is 2.22. The molecule has 0 saturated carbocycles. The zero-order valence-corrected chi connectivity index (χ0v) is 13.7. The molecule has 1 aliphatic heterocycles. The second-order valence-corrected chi connectivity index (χ2v) is 4.76. The summed E-state index contributed by atoms with van der Waals surface area (Å²) < 4.78 is 18.5. The first-order chi connectivity index (χ1) is 8.76. The lowest BCUT2D eigenvalue weighted by Gasteiger charge is -2.33. The third kappa shape index (κ3) is 4.64. The van der Waals surface area contributed by atoms with Crippen LogP contribution in [0.15, 0.2) is 18.2 Å². The van der Waals surface area contributed by atoms with Crippen molar-refractivity contribution < 1.29 is 9.13 Å². The minimum absolute atomic E-state index is 0. The lowest BCUT2D eigenvalue weighted by atomic mass is 10.1. The highest BCUT2D eigenvalue weighted by atomic mass is 35.5. The van der Waals surface area contributed by atoms with E-state index >= 15 is 0 Å². The molecule has 0 unspecified atom stereocenters. The fraction of sp³-hybridized carbons (Fsp3) is 0.538. The Labute approximate surface area is 136 Å². The van der Waals surface area contributed by atoms with Crippen LogP contribution in [-0.2, 0) is 0 Å². The van der Waals surface area contributed by atoms with Crippen LogP contribution < -0.4 is 10.1 Å². The van der Waals surface area contributed by atoms with Crippen LogP contribution in [0.5, 0.6) is 5.75 Å². The Kier molecular flexibility index (Phi) is 9.51. The van der Waals surface area contributed by atoms with Crippen molar-refractivity contribution in [2.75, 3.05) is 40.0 Å². The van der Waals surface area contributed by atoms with Crippen molar-refractivity contribution in [2.24, 2.45) is 0 Å². The fourth-order valence-electron chi connectivity index (χ4n) is 2.27. The summed E-state index contributed by atoms with van der Waals surface area (Å²) in [6, 6.07) is 5.25. The molecule has 20 heavy (non-hydrogen) atoms. The molecule has 2 rings (SSSR count). The maximum atomic E-state index is 13.3. The van der Waals surface area contributed by atoms with Crippen molar-refractivity contribution in [2.45, 2.75) is 6.04 Å². The molecular weight excluding hydrogens is 326 g/mol. The highest BCUT2D eigenvalue weighted by Crippen LogP contribution is 2.30. The fourth-order valence-corrected chi connectivity index (χ4v) is 2.47. The first-order valence-corrected chi connectivity index (χ1v) is 6.48. The zero-order chi connectivity index (χ0) is 13.0. The smallest absolute Gasteiger partial charge is 0.137 e. The summed E-state index contributed by atoms with van der Waals surface area (Å²) in [4.78, 5) is 2.15. The van der Waals surface area contributed by atoms with Crippen LogP contribution in [0.3, 0.4) is 0 Å². The number of alkyl halides is 1. The molecule has 0 aliphatic carbocycles. The molecule has 116 valence electrons. The number of rotatable bonds is 4. The molecule has 0 bridgehead atoms. The molecule has 1 aromatic rings. The predicted molar refractivity (Wildman–Crippen MR) is 85.7 cm³/mol. The molecule has 7 heteroatoms. The van der Waals surface area contributed by atoms with E-state index in [0.717, 1.165) is 31.7 Å². The lowest BCUT2D eigenvalue weighted by Crippen LogP contribution is -2.45. The van der Waals surface area contributed by atoms with Gasteiger partial charge in [0.05, 0.1) is 18.2 Å². The van der Waals surface area contributed by atoms with Gasteiger partial charge in [-0.25, -0.2) is 4.39 Å². The summed E-state index contributed by atoms with van der Waals surface area (Å²) in [5.74, 6) is 0.600. The van der Waals surface area contributed by atoms with Gasteiger partial charge >= 0.3 is 0 Å². The van der Waals surface area contributed by atoms with Gasteiger partial charge in [-0.05, 0) is 17.7 Å². The van der Waals surface area contributed by atoms with Crippen LogP contribution >= 0.6 is 36.4 Å². The molecule has 1 heterocycles. The summed E-state index contributed by atoms with van der Waals surface area (Å²) in [5, 5.41) is 3.82. The van der Waals surface area contributed by atoms with E-state index in [2.05, 4.69) is 10.2 Å². The maximum absolute atomic E-state index is 13.3. The number of benzene rings is 1. The average molecular weight is 346 g/mol. The molecule has 0 radical (unpaired) electrons. The second kappa shape index (κ2) is 9.64. The molecule has 1 N–H and O–H groups in total. The molecule has 1 fully saturated rings. The van der Waals surface area contributed by atoms with Gasteiger partial charge in [-0.2, -0.15) is 0 Å². The van der Waals surface area contributed by atoms with Gasteiger partial charge in [0.25, 0.3) is 0 Å². The van der Waals surface area contributed by atoms with Crippen LogP contribution in [0.4, 0.5) is 4.39 Å². The van der Waals surface area contributed by atoms with Crippen LogP contribution in [-0.4, -0.2) is 44.9 Å². The number of halogens is 4. The van der Waals surface area contributed by atoms with E-state index < -0.39 is 6.67 Å². The maximum Gasteiger partial charge on any atom is 0.137 e. The van der Waals surface area contributed by atoms with E-state index in [4.69, 9.17) is 16.3 Å². The minimum atomic E-state index is -0.398. The number of nitrogens with one attached hydrogen (secondary N) is 1. The number of nitrogens with zero attached hydrogens (tertiary/aromatic N) is 1. The lowest BCUT2D eigenvalue weighted by molar-refractivity contribution is 0.147. The van der Waals surface area contributed by atoms with Gasteiger partial charge in [0.15, 0.2) is 0 Å². The Morgan fingerprint density at radius 2 is 2.00 bits per heavy atom. The zero-order valence-electron chi connectivity index (χ0n) is 11.3. The predicted octanol–water partition coefficient (Wildman–Crippen LogP) is 3.11. The Morgan fingerprint density at radius 3 is 2.55 bits per heavy atom. The van der Waals surface area contributed by atoms with Crippen LogP contribution in [0, 0.1) is 0 Å². The van der Waals surface area contributed by atoms with Crippen LogP contribution in [0.1, 0.15) is 11.6 Å². The van der Waals surface area contributed by atoms with E-state index in [0.29, 0.717) is 10.8 Å². The van der Waals surface area contributed by atoms with Crippen LogP contribution in [0.25, 0.3) is 0 Å². The van der Waals surface area contributed by atoms with Gasteiger partial charge in [-0.1, -0.05) is 17.7 Å². The first-order valence-electron chi connectivity index (χ1n) is 6.10. The molecular formula is C13H20Cl3FN2O. The van der Waals surface area contributed by atoms with E-state index in [-0.39, 0.29) is 30.9 Å². The van der Waals surface area contributed by atoms with Crippen molar-refractivity contribution in [1.82, 2.24) is 10.2 Å². The number of methoxy groups -OCH3 is 1. The molecule has 0 amide bonds. The highest BCUT2D eigenvalue weighted by molar-refractivity contribution is 6.32. The molecule has 0 aromatic heterocycles. The number of hydrogen-bond acceptors (Lipinski definition) is 3. The molecule has 0 spiro atoms. The number of ether oxygens (including phenoxy) is 1. The van der Waals surface area contributed by atoms with E-state index in [1.54, 1.807) is 13.2 Å². The first kappa shape index (κ1) is 19.7. The summed E-state index contributed by atoms with van der Waals surface area (Å²) in [5.41, 5.74) is 0.917. The molecule has 1 aromatic carbocycles. The van der Waals surface area contributed by atoms with Gasteiger partial charge < -0.3 is 10.1 Å². The summed E-state index contributed by atoms with van der Waals surface area (Å²) in [6.45, 7) is 3.13. The minimum Gasteiger partial charge on any atom is -0.495 e. The summed E-state index contributed by atoms with van der Waals surface area (Å²) in [7, 11) is 1.57. The van der Waals surface area contributed by atoms with Gasteiger partial charge in [-0.3, -0.25) is 4.90 Å². The van der Waals surface area contributed by atoms with Crippen molar-refractivity contribution in [3.63, 3.8) is 0 Å². The second-order valence-electron chi connectivity index (χ2n) is 4.35. The van der Waals surface area contributed by atoms with Crippen molar-refractivity contribution >= 4 is 36.4 Å². The molecule has 1 atom stereocenters. The van der Waals surface area contributed by atoms with Crippen molar-refractivity contribution in [3.05, 3.63) is 28.8 Å². The number of hydrogen-bond donors (Lipinski definition) is 1. The van der Waals surface area contributed by atoms with Gasteiger partial charge in [-0.15, -0.1) is 24.8 Å². The van der Waals surface area contributed by atoms with Gasteiger partial charge in [0, 0.05) is 26.2 Å². The van der Waals surface area contributed by atoms with Crippen molar-refractivity contribution in [1.29, 1.82) is 0 Å². The van der Waals surface area contributed by atoms with E-state index in [9.17, 15) is 4.39 Å². The molecule has 1 aliphatic rings. The Balaban J connectivity index is 0.00000180. The molecule has 3 nitrogen and oxygen atoms in total. The SMILES string of the molecule is COc1cc([C@@H](CF)N2CCNCC2)ccc1Cl.Cl.Cl. The van der Waals surface area contributed by atoms with E-state index in [1.807, 2.05) is 12.1 Å². The van der Waals surface area contributed by atoms with Crippen molar-refractivity contribution in [3.8, 4) is 5.75 Å². The third-order valence-electron chi connectivity index (χ3n) is 3.30. The monoisotopic (exact) mass is 344 g/mol. The quantitative estimate of drug-likeness (QED) is 0.907. The van der Waals surface area contributed by atoms with Crippen LogP contribution in [0.2, 0.25) is 5.02 Å². The summed E-state index contributed by atoms with van der Waals surface area (Å²) >= 11 is 5.99. The molecule has 1 saturated heterocycles. The Hall–Kier alpha value is -0.260. The van der Waals surface area contributed by atoms with E-state index in [1.165, 1.54) is 0 Å². The normalized spacial score (nSPS) is 16.8. The van der Waals surface area contributed by atoms with Gasteiger partial charge in [0.2, 0.25) is 0 Å². The number of piperazine rings is 1. The Bertz CT molecular complexity index is 403. The third-order valence-corrected chi connectivity index (χ3v) is 3.61. The largest absolute Gasteiger partial charge is 0.495 e. The topological polar surface area (TPSA) is 24.5 Å². The average Bonchev–Trinajstić information content (AvgIpc) is 2.42. The van der Waals surface area contributed by atoms with Gasteiger partial charge in [0.1, 0.15) is 12.4 Å². The standard InChI is InChI=1S/C13H18ClFN2O.2ClH/c1-18-13-8-10(2-3-11(13)14)12(9-15)17-6-4-16-5-7-17;;/h2-3,8,12,16H,4-7,9H2,1H3;2*1H/t12-;;/m1../s1.